The summed E-state index contributed by atoms with van der Waals surface area (Å²) in [4.78, 5) is 0. The van der Waals surface area contributed by atoms with E-state index in [9.17, 15) is 42.1 Å². The Morgan fingerprint density at radius 2 is 0.584 bits per heavy atom. The molecule has 0 saturated heterocycles. The van der Waals surface area contributed by atoms with E-state index in [1.165, 1.54) is 30.3 Å². The van der Waals surface area contributed by atoms with Crippen LogP contribution in [0.25, 0.3) is 111 Å². The van der Waals surface area contributed by atoms with Gasteiger partial charge in [0.1, 0.15) is 11.6 Å². The van der Waals surface area contributed by atoms with Crippen molar-refractivity contribution < 1.29 is 26.3 Å². The summed E-state index contributed by atoms with van der Waals surface area (Å²) in [5, 5.41) is 85.0. The Morgan fingerprint density at radius 1 is 0.303 bits per heavy atom. The molecule has 89 heavy (non-hydrogen) atoms. The fourth-order valence-corrected chi connectivity index (χ4v) is 11.8. The molecule has 0 aliphatic heterocycles. The lowest BCUT2D eigenvalue weighted by atomic mass is 9.95. The summed E-state index contributed by atoms with van der Waals surface area (Å²) in [5.74, 6) is 0. The fraction of sp³-hybridized carbons (Fsp3) is 0.0685. The summed E-state index contributed by atoms with van der Waals surface area (Å²) >= 11 is 0. The Labute approximate surface area is 503 Å². The van der Waals surface area contributed by atoms with E-state index in [-0.39, 0.29) is 61.9 Å². The number of halogens is 6. The van der Waals surface area contributed by atoms with E-state index < -0.39 is 29.0 Å². The summed E-state index contributed by atoms with van der Waals surface area (Å²) in [5.41, 5.74) is 3.80. The summed E-state index contributed by atoms with van der Waals surface area (Å²) in [6, 6.07) is 61.9. The topological polar surface area (TPSA) is 200 Å². The predicted molar refractivity (Wildman–Crippen MR) is 324 cm³/mol. The third-order valence-electron chi connectivity index (χ3n) is 15.7. The van der Waals surface area contributed by atoms with Crippen molar-refractivity contribution >= 4 is 43.6 Å². The van der Waals surface area contributed by atoms with Crippen LogP contribution in [0.4, 0.5) is 26.3 Å². The molecule has 12 aromatic rings. The Balaban J connectivity index is 1.28. The average Bonchev–Trinajstić information content (AvgIpc) is 1.60. The molecular weight excluding hydrogens is 1130 g/mol. The standard InChI is InChI=1S/C73H36F6N10/c1-2-3-41-12-42(33-80)17-53(16-41)49-4-8-61-62-9-5-50(54-18-43(34-81)13-44(19-54)35-82)27-67(62)88(66(61)26-49)70-30-58(57-24-59(72(74,75)76)32-60(25-57)73(77,78)79)31-71(65(70)40-87)89-68-28-51(55-20-45(36-83)14-46(21-55)37-84)6-10-63(68)64-11-7-52(29-69(64)89)56-22-47(38-85)15-48(23-56)39-86/h4-32H,2-3H2,1H3. The van der Waals surface area contributed by atoms with Crippen molar-refractivity contribution in [2.45, 2.75) is 32.1 Å². The summed E-state index contributed by atoms with van der Waals surface area (Å²) in [6.07, 6.45) is -9.13. The van der Waals surface area contributed by atoms with Gasteiger partial charge in [-0.2, -0.15) is 68.4 Å². The van der Waals surface area contributed by atoms with Gasteiger partial charge in [0, 0.05) is 21.5 Å². The van der Waals surface area contributed by atoms with Crippen molar-refractivity contribution in [3.63, 3.8) is 0 Å². The van der Waals surface area contributed by atoms with Crippen LogP contribution < -0.4 is 0 Å². The number of alkyl halides is 6. The minimum absolute atomic E-state index is 0.00992. The highest BCUT2D eigenvalue weighted by Crippen LogP contribution is 2.46. The quantitative estimate of drug-likeness (QED) is 0.127. The van der Waals surface area contributed by atoms with Gasteiger partial charge in [0.2, 0.25) is 0 Å². The summed E-state index contributed by atoms with van der Waals surface area (Å²) in [7, 11) is 0. The maximum Gasteiger partial charge on any atom is 0.416 e. The van der Waals surface area contributed by atoms with E-state index in [0.717, 1.165) is 12.0 Å². The van der Waals surface area contributed by atoms with Gasteiger partial charge < -0.3 is 9.13 Å². The lowest BCUT2D eigenvalue weighted by Gasteiger charge is -2.20. The first kappa shape index (κ1) is 56.8. The van der Waals surface area contributed by atoms with E-state index in [1.54, 1.807) is 112 Å². The molecule has 0 aliphatic carbocycles. The molecule has 0 atom stereocenters. The molecule has 0 spiro atoms. The minimum Gasteiger partial charge on any atom is -0.308 e. The van der Waals surface area contributed by atoms with Crippen LogP contribution in [0.5, 0.6) is 0 Å². The monoisotopic (exact) mass is 1170 g/mol. The molecule has 0 amide bonds. The van der Waals surface area contributed by atoms with Gasteiger partial charge in [0.05, 0.1) is 126 Å². The molecular formula is C73H36F6N10. The molecule has 0 fully saturated rings. The highest BCUT2D eigenvalue weighted by Gasteiger charge is 2.37. The molecule has 0 saturated carbocycles. The average molecular weight is 1170 g/mol. The number of aryl methyl sites for hydroxylation is 1. The SMILES string of the molecule is CCCc1cc(C#N)cc(-c2ccc3c4ccc(-c5cc(C#N)cc(C#N)c5)cc4n(-c4cc(-c5cc(C(F)(F)F)cc(C(F)(F)F)c5)cc(-n5c6cc(-c7cc(C#N)cc(C#N)c7)ccc6c6ccc(-c7cc(C#N)cc(C#N)c7)cc65)c4C#N)c3c2)c1. The van der Waals surface area contributed by atoms with Crippen molar-refractivity contribution in [3.05, 3.63) is 237 Å². The Kier molecular flexibility index (Phi) is 14.1. The van der Waals surface area contributed by atoms with Crippen LogP contribution in [0.15, 0.2) is 176 Å². The maximum absolute atomic E-state index is 15.0. The zero-order valence-corrected chi connectivity index (χ0v) is 46.4. The Morgan fingerprint density at radius 3 is 0.865 bits per heavy atom. The number of fused-ring (bicyclic) bond motifs is 6. The van der Waals surface area contributed by atoms with Crippen LogP contribution in [0, 0.1) is 90.6 Å². The summed E-state index contributed by atoms with van der Waals surface area (Å²) < 4.78 is 93.6. The Bertz CT molecular complexity index is 5170. The predicted octanol–water partition coefficient (Wildman–Crippen LogP) is 18.2. The van der Waals surface area contributed by atoms with Gasteiger partial charge in [-0.05, 0) is 189 Å². The number of nitriles is 8. The van der Waals surface area contributed by atoms with Crippen LogP contribution in [-0.4, -0.2) is 9.13 Å². The maximum atomic E-state index is 15.0. The molecule has 10 aromatic carbocycles. The second-order valence-corrected chi connectivity index (χ2v) is 21.2. The Hall–Kier alpha value is -12.7. The van der Waals surface area contributed by atoms with E-state index in [0.29, 0.717) is 112 Å². The largest absolute Gasteiger partial charge is 0.416 e. The fourth-order valence-electron chi connectivity index (χ4n) is 11.8. The first-order chi connectivity index (χ1) is 42.9. The molecule has 0 unspecified atom stereocenters. The number of benzene rings is 10. The molecule has 0 bridgehead atoms. The van der Waals surface area contributed by atoms with Crippen LogP contribution >= 0.6 is 0 Å². The number of hydrogen-bond acceptors (Lipinski definition) is 8. The smallest absolute Gasteiger partial charge is 0.308 e. The molecule has 2 heterocycles. The van der Waals surface area contributed by atoms with Gasteiger partial charge in [0.25, 0.3) is 0 Å². The number of nitrogens with zero attached hydrogens (tertiary/aromatic N) is 10. The van der Waals surface area contributed by atoms with Crippen molar-refractivity contribution in [2.75, 3.05) is 0 Å². The normalized spacial score (nSPS) is 11.3. The van der Waals surface area contributed by atoms with Gasteiger partial charge in [-0.3, -0.25) is 0 Å². The van der Waals surface area contributed by atoms with Crippen molar-refractivity contribution in [3.8, 4) is 116 Å². The molecule has 0 aliphatic rings. The molecule has 0 N–H and O–H groups in total. The zero-order valence-electron chi connectivity index (χ0n) is 46.4. The van der Waals surface area contributed by atoms with Gasteiger partial charge in [-0.25, -0.2) is 0 Å². The van der Waals surface area contributed by atoms with Crippen LogP contribution in [0.3, 0.4) is 0 Å². The van der Waals surface area contributed by atoms with E-state index in [2.05, 4.69) is 48.6 Å². The highest BCUT2D eigenvalue weighted by atomic mass is 19.4. The van der Waals surface area contributed by atoms with Crippen molar-refractivity contribution in [1.82, 2.24) is 9.13 Å². The molecule has 10 nitrogen and oxygen atoms in total. The lowest BCUT2D eigenvalue weighted by Crippen LogP contribution is -2.11. The molecule has 12 rings (SSSR count). The van der Waals surface area contributed by atoms with Crippen molar-refractivity contribution in [1.29, 1.82) is 42.1 Å². The zero-order chi connectivity index (χ0) is 62.6. The second-order valence-electron chi connectivity index (χ2n) is 21.2. The third kappa shape index (κ3) is 10.3. The molecule has 0 radical (unpaired) electrons. The second kappa shape index (κ2) is 22.1. The van der Waals surface area contributed by atoms with Crippen LogP contribution in [0.2, 0.25) is 0 Å². The molecule has 16 heteroatoms. The van der Waals surface area contributed by atoms with Crippen LogP contribution in [-0.2, 0) is 18.8 Å². The van der Waals surface area contributed by atoms with E-state index in [4.69, 9.17) is 0 Å². The van der Waals surface area contributed by atoms with Crippen LogP contribution in [0.1, 0.15) is 74.5 Å². The number of rotatable bonds is 9. The number of aromatic nitrogens is 2. The van der Waals surface area contributed by atoms with Gasteiger partial charge in [-0.15, -0.1) is 0 Å². The van der Waals surface area contributed by atoms with E-state index >= 15 is 26.3 Å². The molecule has 2 aromatic heterocycles. The highest BCUT2D eigenvalue weighted by molar-refractivity contribution is 6.13. The van der Waals surface area contributed by atoms with Gasteiger partial charge >= 0.3 is 12.4 Å². The molecule has 420 valence electrons. The van der Waals surface area contributed by atoms with Gasteiger partial charge in [0.15, 0.2) is 0 Å². The first-order valence-electron chi connectivity index (χ1n) is 27.3. The lowest BCUT2D eigenvalue weighted by molar-refractivity contribution is -0.143. The summed E-state index contributed by atoms with van der Waals surface area (Å²) in [6.45, 7) is 2.00. The minimum atomic E-state index is -5.27. The number of hydrogen-bond donors (Lipinski definition) is 0. The van der Waals surface area contributed by atoms with E-state index in [1.807, 2.05) is 31.2 Å². The van der Waals surface area contributed by atoms with Gasteiger partial charge in [-0.1, -0.05) is 67.9 Å². The first-order valence-corrected chi connectivity index (χ1v) is 27.3. The van der Waals surface area contributed by atoms with Crippen molar-refractivity contribution in [2.24, 2.45) is 0 Å². The third-order valence-corrected chi connectivity index (χ3v) is 15.7.